The second kappa shape index (κ2) is 5.37. The number of nitrogens with zero attached hydrogens (tertiary/aromatic N) is 1. The first-order chi connectivity index (χ1) is 6.81. The number of rotatable bonds is 2. The van der Waals surface area contributed by atoms with Crippen molar-refractivity contribution in [3.8, 4) is 0 Å². The molecular weight excluding hydrogens is 322 g/mol. The predicted octanol–water partition coefficient (Wildman–Crippen LogP) is 3.39. The molecule has 1 heterocycles. The maximum atomic E-state index is 11.4. The van der Waals surface area contributed by atoms with Gasteiger partial charge >= 0.3 is 0 Å². The minimum Gasteiger partial charge on any atom is -0.293 e. The quantitative estimate of drug-likeness (QED) is 0.624. The van der Waals surface area contributed by atoms with Crippen LogP contribution >= 0.6 is 32.9 Å². The third-order valence-corrected chi connectivity index (χ3v) is 2.56. The molecule has 0 aliphatic rings. The number of aromatic nitrogens is 1. The molecule has 0 aliphatic carbocycles. The Morgan fingerprint density at radius 3 is 2.87 bits per heavy atom. The monoisotopic (exact) mass is 329 g/mol. The minimum absolute atomic E-state index is 0. The molecule has 0 N–H and O–H groups in total. The van der Waals surface area contributed by atoms with Crippen LogP contribution in [0, 0.1) is 0 Å². The van der Waals surface area contributed by atoms with Gasteiger partial charge in [0.25, 0.3) is 0 Å². The SMILES string of the molecule is Br.O=C(CBr)c1ccc2ncccc2c1. The summed E-state index contributed by atoms with van der Waals surface area (Å²) in [6.45, 7) is 0. The lowest BCUT2D eigenvalue weighted by molar-refractivity contribution is 0.102. The van der Waals surface area contributed by atoms with Gasteiger partial charge in [-0.25, -0.2) is 0 Å². The summed E-state index contributed by atoms with van der Waals surface area (Å²) in [5.74, 6) is 0.0933. The lowest BCUT2D eigenvalue weighted by atomic mass is 10.1. The lowest BCUT2D eigenvalue weighted by Gasteiger charge is -1.99. The van der Waals surface area contributed by atoms with Crippen molar-refractivity contribution in [2.75, 3.05) is 5.33 Å². The van der Waals surface area contributed by atoms with E-state index in [-0.39, 0.29) is 22.8 Å². The van der Waals surface area contributed by atoms with E-state index in [9.17, 15) is 4.79 Å². The van der Waals surface area contributed by atoms with Crippen LogP contribution in [0.5, 0.6) is 0 Å². The third-order valence-electron chi connectivity index (χ3n) is 2.05. The van der Waals surface area contributed by atoms with Crippen molar-refractivity contribution >= 4 is 49.6 Å². The Balaban J connectivity index is 0.00000112. The van der Waals surface area contributed by atoms with Crippen LogP contribution in [0.4, 0.5) is 0 Å². The van der Waals surface area contributed by atoms with Crippen molar-refractivity contribution in [2.24, 2.45) is 0 Å². The number of alkyl halides is 1. The van der Waals surface area contributed by atoms with Crippen molar-refractivity contribution in [3.63, 3.8) is 0 Å². The van der Waals surface area contributed by atoms with Crippen LogP contribution in [0.2, 0.25) is 0 Å². The molecular formula is C11H9Br2NO. The van der Waals surface area contributed by atoms with Gasteiger partial charge in [0.05, 0.1) is 10.8 Å². The molecule has 1 aromatic heterocycles. The number of benzene rings is 1. The molecule has 0 radical (unpaired) electrons. The Morgan fingerprint density at radius 1 is 1.33 bits per heavy atom. The number of fused-ring (bicyclic) bond motifs is 1. The van der Waals surface area contributed by atoms with E-state index in [1.165, 1.54) is 0 Å². The van der Waals surface area contributed by atoms with E-state index in [2.05, 4.69) is 20.9 Å². The van der Waals surface area contributed by atoms with Crippen molar-refractivity contribution in [1.82, 2.24) is 4.98 Å². The van der Waals surface area contributed by atoms with Gasteiger partial charge in [0.15, 0.2) is 5.78 Å². The van der Waals surface area contributed by atoms with Gasteiger partial charge in [-0.1, -0.05) is 22.0 Å². The summed E-state index contributed by atoms with van der Waals surface area (Å²) in [5, 5.41) is 1.36. The molecule has 2 aromatic rings. The minimum atomic E-state index is 0. The molecule has 2 nitrogen and oxygen atoms in total. The molecule has 78 valence electrons. The number of hydrogen-bond donors (Lipinski definition) is 0. The molecule has 0 aliphatic heterocycles. The first-order valence-electron chi connectivity index (χ1n) is 4.25. The Bertz CT molecular complexity index is 485. The Labute approximate surface area is 107 Å². The highest BCUT2D eigenvalue weighted by Gasteiger charge is 2.04. The molecule has 2 rings (SSSR count). The summed E-state index contributed by atoms with van der Waals surface area (Å²) >= 11 is 3.15. The molecule has 0 amide bonds. The molecule has 0 spiro atoms. The molecule has 0 unspecified atom stereocenters. The van der Waals surface area contributed by atoms with Crippen LogP contribution in [0.3, 0.4) is 0 Å². The van der Waals surface area contributed by atoms with Gasteiger partial charge in [-0.15, -0.1) is 17.0 Å². The molecule has 0 saturated heterocycles. The molecule has 4 heteroatoms. The number of carbonyl (C=O) groups is 1. The van der Waals surface area contributed by atoms with Crippen molar-refractivity contribution < 1.29 is 4.79 Å². The smallest absolute Gasteiger partial charge is 0.173 e. The van der Waals surface area contributed by atoms with Crippen LogP contribution in [-0.2, 0) is 0 Å². The number of ketones is 1. The average Bonchev–Trinajstić information content (AvgIpc) is 2.27. The van der Waals surface area contributed by atoms with Crippen LogP contribution in [0.25, 0.3) is 10.9 Å². The summed E-state index contributed by atoms with van der Waals surface area (Å²) in [6, 6.07) is 9.36. The van der Waals surface area contributed by atoms with Crippen molar-refractivity contribution in [2.45, 2.75) is 0 Å². The Hall–Kier alpha value is -0.740. The zero-order valence-corrected chi connectivity index (χ0v) is 11.1. The van der Waals surface area contributed by atoms with Gasteiger partial charge < -0.3 is 0 Å². The summed E-state index contributed by atoms with van der Waals surface area (Å²) in [7, 11) is 0. The van der Waals surface area contributed by atoms with Gasteiger partial charge in [-0.05, 0) is 24.3 Å². The first-order valence-corrected chi connectivity index (χ1v) is 5.37. The number of Topliss-reactive ketones (excluding diaryl/α,β-unsaturated/α-hetero) is 1. The molecule has 15 heavy (non-hydrogen) atoms. The van der Waals surface area contributed by atoms with Crippen molar-refractivity contribution in [3.05, 3.63) is 42.1 Å². The fraction of sp³-hybridized carbons (Fsp3) is 0.0909. The van der Waals surface area contributed by atoms with Crippen LogP contribution in [0.15, 0.2) is 36.5 Å². The zero-order valence-electron chi connectivity index (χ0n) is 7.81. The van der Waals surface area contributed by atoms with Gasteiger partial charge in [0, 0.05) is 17.1 Å². The standard InChI is InChI=1S/C11H8BrNO.BrH/c12-7-11(14)9-3-4-10-8(6-9)2-1-5-13-10;/h1-6H,7H2;1H. The topological polar surface area (TPSA) is 30.0 Å². The van der Waals surface area contributed by atoms with Crippen LogP contribution in [0.1, 0.15) is 10.4 Å². The molecule has 0 bridgehead atoms. The van der Waals surface area contributed by atoms with Crippen LogP contribution in [-0.4, -0.2) is 16.1 Å². The van der Waals surface area contributed by atoms with E-state index in [1.807, 2.05) is 24.3 Å². The van der Waals surface area contributed by atoms with E-state index in [0.29, 0.717) is 5.33 Å². The number of carbonyl (C=O) groups excluding carboxylic acids is 1. The second-order valence-electron chi connectivity index (χ2n) is 2.97. The van der Waals surface area contributed by atoms with E-state index < -0.39 is 0 Å². The highest BCUT2D eigenvalue weighted by molar-refractivity contribution is 9.09. The zero-order chi connectivity index (χ0) is 9.97. The summed E-state index contributed by atoms with van der Waals surface area (Å²) < 4.78 is 0. The average molecular weight is 331 g/mol. The van der Waals surface area contributed by atoms with E-state index in [4.69, 9.17) is 0 Å². The third kappa shape index (κ3) is 2.63. The Morgan fingerprint density at radius 2 is 2.13 bits per heavy atom. The normalized spacial score (nSPS) is 9.67. The van der Waals surface area contributed by atoms with E-state index in [1.54, 1.807) is 12.3 Å². The number of halogens is 2. The van der Waals surface area contributed by atoms with E-state index in [0.717, 1.165) is 16.5 Å². The second-order valence-corrected chi connectivity index (χ2v) is 3.53. The maximum absolute atomic E-state index is 11.4. The van der Waals surface area contributed by atoms with Gasteiger partial charge in [0.1, 0.15) is 0 Å². The highest BCUT2D eigenvalue weighted by atomic mass is 79.9. The molecule has 0 saturated carbocycles. The Kier molecular flexibility index (Phi) is 4.42. The van der Waals surface area contributed by atoms with Gasteiger partial charge in [0.2, 0.25) is 0 Å². The predicted molar refractivity (Wildman–Crippen MR) is 70.2 cm³/mol. The van der Waals surface area contributed by atoms with Crippen LogP contribution < -0.4 is 0 Å². The van der Waals surface area contributed by atoms with E-state index >= 15 is 0 Å². The number of pyridine rings is 1. The molecule has 0 fully saturated rings. The molecule has 0 atom stereocenters. The van der Waals surface area contributed by atoms with Crippen molar-refractivity contribution in [1.29, 1.82) is 0 Å². The summed E-state index contributed by atoms with van der Waals surface area (Å²) in [4.78, 5) is 15.6. The highest BCUT2D eigenvalue weighted by Crippen LogP contribution is 2.14. The summed E-state index contributed by atoms with van der Waals surface area (Å²) in [6.07, 6.45) is 1.74. The van der Waals surface area contributed by atoms with Gasteiger partial charge in [-0.3, -0.25) is 9.78 Å². The fourth-order valence-electron chi connectivity index (χ4n) is 1.33. The fourth-order valence-corrected chi connectivity index (χ4v) is 1.65. The number of hydrogen-bond acceptors (Lipinski definition) is 2. The van der Waals surface area contributed by atoms with Gasteiger partial charge in [-0.2, -0.15) is 0 Å². The summed E-state index contributed by atoms with van der Waals surface area (Å²) in [5.41, 5.74) is 1.64. The lowest BCUT2D eigenvalue weighted by Crippen LogP contribution is -1.99. The largest absolute Gasteiger partial charge is 0.293 e. The molecule has 1 aromatic carbocycles. The first kappa shape index (κ1) is 12.3. The maximum Gasteiger partial charge on any atom is 0.173 e.